The van der Waals surface area contributed by atoms with Crippen LogP contribution < -0.4 is 11.2 Å². The zero-order chi connectivity index (χ0) is 24.1. The van der Waals surface area contributed by atoms with Crippen molar-refractivity contribution in [3.8, 4) is 27.9 Å². The molecule has 170 valence electrons. The van der Waals surface area contributed by atoms with Crippen molar-refractivity contribution in [1.29, 1.82) is 0 Å². The maximum absolute atomic E-state index is 13.5. The highest BCUT2D eigenvalue weighted by atomic mass is 35.5. The molecule has 0 aliphatic carbocycles. The molecule has 0 aliphatic rings. The number of nitrogens with one attached hydrogen (secondary N) is 2. The highest BCUT2D eigenvalue weighted by Gasteiger charge is 2.17. The molecule has 8 heteroatoms. The van der Waals surface area contributed by atoms with Gasteiger partial charge in [-0.15, -0.1) is 0 Å². The molecule has 0 radical (unpaired) electrons. The molecule has 6 aromatic rings. The topological polar surface area (TPSA) is 96.4 Å². The van der Waals surface area contributed by atoms with Gasteiger partial charge in [-0.25, -0.2) is 9.36 Å². The number of aryl methyl sites for hydroxylation is 1. The Labute approximate surface area is 203 Å². The number of rotatable bonds is 3. The van der Waals surface area contributed by atoms with Gasteiger partial charge in [0.1, 0.15) is 0 Å². The van der Waals surface area contributed by atoms with E-state index in [1.165, 1.54) is 6.20 Å². The van der Waals surface area contributed by atoms with Crippen molar-refractivity contribution < 1.29 is 0 Å². The molecule has 3 aromatic carbocycles. The molecular formula is C27H18ClN5O2. The van der Waals surface area contributed by atoms with Crippen LogP contribution in [-0.4, -0.2) is 24.7 Å². The molecule has 7 nitrogen and oxygen atoms in total. The largest absolute Gasteiger partial charge is 0.333 e. The Balaban J connectivity index is 1.58. The third-order valence-corrected chi connectivity index (χ3v) is 6.52. The van der Waals surface area contributed by atoms with Crippen LogP contribution in [-0.2, 0) is 0 Å². The second kappa shape index (κ2) is 8.07. The number of nitrogens with zero attached hydrogens (tertiary/aromatic N) is 3. The van der Waals surface area contributed by atoms with E-state index in [0.717, 1.165) is 43.3 Å². The minimum absolute atomic E-state index is 0.384. The summed E-state index contributed by atoms with van der Waals surface area (Å²) in [6.07, 6.45) is 5.06. The lowest BCUT2D eigenvalue weighted by atomic mass is 9.94. The molecule has 0 atom stereocenters. The van der Waals surface area contributed by atoms with Gasteiger partial charge in [0.25, 0.3) is 5.56 Å². The summed E-state index contributed by atoms with van der Waals surface area (Å²) >= 11 is 6.63. The van der Waals surface area contributed by atoms with Gasteiger partial charge in [-0.2, -0.15) is 5.10 Å². The van der Waals surface area contributed by atoms with Crippen LogP contribution in [0.3, 0.4) is 0 Å². The summed E-state index contributed by atoms with van der Waals surface area (Å²) in [4.78, 5) is 33.7. The van der Waals surface area contributed by atoms with Gasteiger partial charge in [0.2, 0.25) is 0 Å². The first kappa shape index (κ1) is 21.1. The molecule has 0 spiro atoms. The van der Waals surface area contributed by atoms with E-state index >= 15 is 0 Å². The average Bonchev–Trinajstić information content (AvgIpc) is 3.29. The van der Waals surface area contributed by atoms with Crippen molar-refractivity contribution in [3.63, 3.8) is 0 Å². The smallest absolute Gasteiger partial charge is 0.306 e. The minimum Gasteiger partial charge on any atom is -0.306 e. The van der Waals surface area contributed by atoms with Crippen LogP contribution >= 0.6 is 11.6 Å². The maximum Gasteiger partial charge on any atom is 0.333 e. The highest BCUT2D eigenvalue weighted by molar-refractivity contribution is 6.34. The van der Waals surface area contributed by atoms with Crippen molar-refractivity contribution in [2.45, 2.75) is 6.92 Å². The third-order valence-electron chi connectivity index (χ3n) is 6.21. The van der Waals surface area contributed by atoms with Gasteiger partial charge in [0.05, 0.1) is 28.5 Å². The Bertz CT molecular complexity index is 1880. The van der Waals surface area contributed by atoms with Crippen molar-refractivity contribution in [1.82, 2.24) is 24.7 Å². The fourth-order valence-corrected chi connectivity index (χ4v) is 4.83. The van der Waals surface area contributed by atoms with E-state index in [9.17, 15) is 9.59 Å². The van der Waals surface area contributed by atoms with E-state index in [4.69, 9.17) is 11.6 Å². The summed E-state index contributed by atoms with van der Waals surface area (Å²) in [5, 5.41) is 9.66. The molecule has 6 rings (SSSR count). The first-order valence-electron chi connectivity index (χ1n) is 10.9. The first-order chi connectivity index (χ1) is 17.0. The molecule has 0 saturated heterocycles. The van der Waals surface area contributed by atoms with E-state index in [0.29, 0.717) is 21.6 Å². The van der Waals surface area contributed by atoms with Crippen molar-refractivity contribution in [2.24, 2.45) is 0 Å². The summed E-state index contributed by atoms with van der Waals surface area (Å²) in [5.41, 5.74) is 4.15. The van der Waals surface area contributed by atoms with E-state index in [1.807, 2.05) is 61.7 Å². The fourth-order valence-electron chi connectivity index (χ4n) is 4.54. The number of fused-ring (bicyclic) bond motifs is 2. The van der Waals surface area contributed by atoms with Gasteiger partial charge in [-0.05, 0) is 36.2 Å². The molecule has 35 heavy (non-hydrogen) atoms. The summed E-state index contributed by atoms with van der Waals surface area (Å²) in [6.45, 7) is 1.92. The quantitative estimate of drug-likeness (QED) is 0.362. The number of hydrogen-bond donors (Lipinski definition) is 2. The molecule has 0 bridgehead atoms. The number of aromatic nitrogens is 5. The molecule has 2 N–H and O–H groups in total. The molecule has 0 unspecified atom stereocenters. The monoisotopic (exact) mass is 479 g/mol. The second-order valence-corrected chi connectivity index (χ2v) is 8.66. The lowest BCUT2D eigenvalue weighted by molar-refractivity contribution is 0.902. The molecule has 0 amide bonds. The van der Waals surface area contributed by atoms with Crippen LogP contribution in [0.15, 0.2) is 88.8 Å². The molecule has 3 heterocycles. The molecule has 0 aliphatic heterocycles. The summed E-state index contributed by atoms with van der Waals surface area (Å²) in [7, 11) is 0. The number of hydrogen-bond acceptors (Lipinski definition) is 4. The van der Waals surface area contributed by atoms with Gasteiger partial charge in [-0.1, -0.05) is 54.1 Å². The normalized spacial score (nSPS) is 11.4. The number of benzene rings is 3. The summed E-state index contributed by atoms with van der Waals surface area (Å²) < 4.78 is 1.13. The van der Waals surface area contributed by atoms with Crippen LogP contribution in [0.4, 0.5) is 0 Å². The van der Waals surface area contributed by atoms with Gasteiger partial charge in [0, 0.05) is 39.3 Å². The lowest BCUT2D eigenvalue weighted by Crippen LogP contribution is -2.33. The third kappa shape index (κ3) is 3.36. The lowest BCUT2D eigenvalue weighted by Gasteiger charge is -2.13. The molecule has 3 aromatic heterocycles. The molecule has 0 fully saturated rings. The van der Waals surface area contributed by atoms with Crippen molar-refractivity contribution >= 4 is 33.3 Å². The summed E-state index contributed by atoms with van der Waals surface area (Å²) in [5.74, 6) is 0. The number of H-pyrrole nitrogens is 2. The van der Waals surface area contributed by atoms with Crippen LogP contribution in [0.5, 0.6) is 0 Å². The predicted octanol–water partition coefficient (Wildman–Crippen LogP) is 5.25. The highest BCUT2D eigenvalue weighted by Crippen LogP contribution is 2.38. The second-order valence-electron chi connectivity index (χ2n) is 8.26. The van der Waals surface area contributed by atoms with Crippen LogP contribution in [0.1, 0.15) is 5.69 Å². The SMILES string of the molecule is Cc1n[nH]cc1-c1cccc(Cl)c1-c1ccc2c(=O)n(-c3cncc4ccccc34)c(=O)[nH]c2c1. The van der Waals surface area contributed by atoms with Crippen LogP contribution in [0.2, 0.25) is 5.02 Å². The van der Waals surface area contributed by atoms with Gasteiger partial charge in [-0.3, -0.25) is 14.9 Å². The maximum atomic E-state index is 13.5. The Morgan fingerprint density at radius 1 is 0.914 bits per heavy atom. The zero-order valence-electron chi connectivity index (χ0n) is 18.5. The summed E-state index contributed by atoms with van der Waals surface area (Å²) in [6, 6.07) is 18.5. The Hall–Kier alpha value is -4.49. The number of halogens is 1. The Kier molecular flexibility index (Phi) is 4.86. The predicted molar refractivity (Wildman–Crippen MR) is 138 cm³/mol. The average molecular weight is 480 g/mol. The van der Waals surface area contributed by atoms with Gasteiger partial charge < -0.3 is 4.98 Å². The van der Waals surface area contributed by atoms with E-state index < -0.39 is 11.2 Å². The van der Waals surface area contributed by atoms with E-state index in [-0.39, 0.29) is 0 Å². The first-order valence-corrected chi connectivity index (χ1v) is 11.3. The standard InChI is InChI=1S/C27H18ClN5O2/c1-15-21(13-30-32-15)19-7-4-8-22(28)25(19)16-9-10-20-23(11-16)31-27(35)33(26(20)34)24-14-29-12-17-5-2-3-6-18(17)24/h2-14H,1H3,(H,30,32)(H,31,35). The van der Waals surface area contributed by atoms with E-state index in [1.54, 1.807) is 18.3 Å². The van der Waals surface area contributed by atoms with Gasteiger partial charge >= 0.3 is 5.69 Å². The Morgan fingerprint density at radius 2 is 1.77 bits per heavy atom. The Morgan fingerprint density at radius 3 is 2.60 bits per heavy atom. The fraction of sp³-hybridized carbons (Fsp3) is 0.0370. The van der Waals surface area contributed by atoms with E-state index in [2.05, 4.69) is 20.2 Å². The van der Waals surface area contributed by atoms with Crippen LogP contribution in [0, 0.1) is 6.92 Å². The number of aromatic amines is 2. The minimum atomic E-state index is -0.539. The molecular weight excluding hydrogens is 462 g/mol. The zero-order valence-corrected chi connectivity index (χ0v) is 19.3. The molecule has 0 saturated carbocycles. The van der Waals surface area contributed by atoms with Crippen LogP contribution in [0.25, 0.3) is 49.6 Å². The number of pyridine rings is 1. The van der Waals surface area contributed by atoms with Crippen molar-refractivity contribution in [3.05, 3.63) is 111 Å². The van der Waals surface area contributed by atoms with Crippen molar-refractivity contribution in [2.75, 3.05) is 0 Å². The van der Waals surface area contributed by atoms with Gasteiger partial charge in [0.15, 0.2) is 0 Å².